The van der Waals surface area contributed by atoms with Crippen molar-refractivity contribution in [1.29, 1.82) is 0 Å². The molecular weight excluding hydrogens is 440 g/mol. The summed E-state index contributed by atoms with van der Waals surface area (Å²) in [5.74, 6) is 0. The summed E-state index contributed by atoms with van der Waals surface area (Å²) >= 11 is 1.87. The number of rotatable bonds is 2. The fourth-order valence-corrected chi connectivity index (χ4v) is 6.52. The molecule has 0 N–H and O–H groups in total. The van der Waals surface area contributed by atoms with E-state index in [2.05, 4.69) is 133 Å². The average molecular weight is 463 g/mol. The zero-order valence-corrected chi connectivity index (χ0v) is 19.9. The minimum atomic E-state index is 1.25. The second-order valence-corrected chi connectivity index (χ2v) is 9.96. The van der Waals surface area contributed by atoms with Crippen LogP contribution in [0.4, 0.5) is 0 Å². The van der Waals surface area contributed by atoms with E-state index in [1.165, 1.54) is 65.1 Å². The lowest BCUT2D eigenvalue weighted by Gasteiger charge is -2.23. The second-order valence-electron chi connectivity index (χ2n) is 8.87. The standard InChI is InChI=1S/C34H22S/c1-3-13-23(14-4-1)31-25-17-7-8-18-26(25)32(24-15-5-2-6-16-24)34-28-20-10-12-22-30(28)35-29-21-11-9-19-27(29)33(31)34/h1-22H. The van der Waals surface area contributed by atoms with Crippen LogP contribution in [-0.4, -0.2) is 0 Å². The van der Waals surface area contributed by atoms with Crippen LogP contribution in [0.5, 0.6) is 0 Å². The zero-order valence-electron chi connectivity index (χ0n) is 19.1. The van der Waals surface area contributed by atoms with Crippen LogP contribution in [0.25, 0.3) is 55.3 Å². The summed E-state index contributed by atoms with van der Waals surface area (Å²) in [6, 6.07) is 48.4. The van der Waals surface area contributed by atoms with Crippen LogP contribution in [0.2, 0.25) is 0 Å². The maximum atomic E-state index is 2.29. The SMILES string of the molecule is c1ccc(-c2c3c(c(-c4ccccc4)c4ccccc24)-c2ccccc2Sc2ccccc2-3)cc1. The Morgan fingerprint density at radius 3 is 1.14 bits per heavy atom. The van der Waals surface area contributed by atoms with Gasteiger partial charge in [0.15, 0.2) is 0 Å². The molecule has 1 aliphatic heterocycles. The molecule has 0 radical (unpaired) electrons. The zero-order chi connectivity index (χ0) is 23.2. The van der Waals surface area contributed by atoms with Gasteiger partial charge in [0.2, 0.25) is 0 Å². The van der Waals surface area contributed by atoms with E-state index >= 15 is 0 Å². The minimum absolute atomic E-state index is 1.25. The molecule has 0 spiro atoms. The number of hydrogen-bond acceptors (Lipinski definition) is 1. The van der Waals surface area contributed by atoms with E-state index in [4.69, 9.17) is 0 Å². The molecule has 1 heteroatoms. The molecule has 35 heavy (non-hydrogen) atoms. The van der Waals surface area contributed by atoms with E-state index < -0.39 is 0 Å². The van der Waals surface area contributed by atoms with E-state index in [9.17, 15) is 0 Å². The molecule has 6 aromatic carbocycles. The molecule has 0 amide bonds. The summed E-state index contributed by atoms with van der Waals surface area (Å²) in [7, 11) is 0. The molecule has 0 aliphatic carbocycles. The number of hydrogen-bond donors (Lipinski definition) is 0. The first-order valence-electron chi connectivity index (χ1n) is 12.0. The van der Waals surface area contributed by atoms with Crippen molar-refractivity contribution in [1.82, 2.24) is 0 Å². The Morgan fingerprint density at radius 2 is 0.686 bits per heavy atom. The Balaban J connectivity index is 1.79. The van der Waals surface area contributed by atoms with Gasteiger partial charge >= 0.3 is 0 Å². The quantitative estimate of drug-likeness (QED) is 0.246. The Kier molecular flexibility index (Phi) is 4.82. The maximum Gasteiger partial charge on any atom is 0.0201 e. The fourth-order valence-electron chi connectivity index (χ4n) is 5.43. The lowest BCUT2D eigenvalue weighted by molar-refractivity contribution is 1.44. The van der Waals surface area contributed by atoms with Crippen LogP contribution in [0.1, 0.15) is 0 Å². The van der Waals surface area contributed by atoms with Crippen LogP contribution < -0.4 is 0 Å². The van der Waals surface area contributed by atoms with E-state index in [-0.39, 0.29) is 0 Å². The summed E-state index contributed by atoms with van der Waals surface area (Å²) in [5, 5.41) is 2.57. The molecular formula is C34H22S. The Bertz CT molecular complexity index is 1570. The monoisotopic (exact) mass is 462 g/mol. The van der Waals surface area contributed by atoms with Crippen molar-refractivity contribution >= 4 is 22.5 Å². The van der Waals surface area contributed by atoms with Crippen LogP contribution in [0.15, 0.2) is 143 Å². The van der Waals surface area contributed by atoms with Crippen LogP contribution in [-0.2, 0) is 0 Å². The van der Waals surface area contributed by atoms with Crippen molar-refractivity contribution in [3.63, 3.8) is 0 Å². The van der Waals surface area contributed by atoms with Gasteiger partial charge in [-0.05, 0) is 67.4 Å². The van der Waals surface area contributed by atoms with Crippen molar-refractivity contribution in [2.75, 3.05) is 0 Å². The molecule has 0 saturated carbocycles. The molecule has 0 atom stereocenters. The van der Waals surface area contributed by atoms with Crippen molar-refractivity contribution in [2.24, 2.45) is 0 Å². The molecule has 6 aromatic rings. The van der Waals surface area contributed by atoms with Gasteiger partial charge in [0.25, 0.3) is 0 Å². The van der Waals surface area contributed by atoms with Gasteiger partial charge in [0.1, 0.15) is 0 Å². The predicted molar refractivity (Wildman–Crippen MR) is 150 cm³/mol. The minimum Gasteiger partial charge on any atom is -0.0888 e. The van der Waals surface area contributed by atoms with Crippen molar-refractivity contribution in [2.45, 2.75) is 9.79 Å². The number of fused-ring (bicyclic) bond motifs is 6. The highest BCUT2D eigenvalue weighted by molar-refractivity contribution is 7.99. The van der Waals surface area contributed by atoms with Crippen molar-refractivity contribution in [3.05, 3.63) is 133 Å². The third-order valence-corrected chi connectivity index (χ3v) is 8.03. The average Bonchev–Trinajstić information content (AvgIpc) is 3.07. The molecule has 1 heterocycles. The Morgan fingerprint density at radius 1 is 0.314 bits per heavy atom. The van der Waals surface area contributed by atoms with Crippen LogP contribution in [0.3, 0.4) is 0 Å². The molecule has 0 bridgehead atoms. The molecule has 164 valence electrons. The van der Waals surface area contributed by atoms with E-state index in [1.807, 2.05) is 11.8 Å². The van der Waals surface area contributed by atoms with E-state index in [1.54, 1.807) is 0 Å². The molecule has 0 aromatic heterocycles. The van der Waals surface area contributed by atoms with Crippen LogP contribution in [0, 0.1) is 0 Å². The highest BCUT2D eigenvalue weighted by atomic mass is 32.2. The molecule has 1 aliphatic rings. The smallest absolute Gasteiger partial charge is 0.0201 e. The van der Waals surface area contributed by atoms with Crippen molar-refractivity contribution < 1.29 is 0 Å². The summed E-state index contributed by atoms with van der Waals surface area (Å²) in [5.41, 5.74) is 10.3. The largest absolute Gasteiger partial charge is 0.0888 e. The number of benzene rings is 6. The fraction of sp³-hybridized carbons (Fsp3) is 0. The molecule has 0 nitrogen and oxygen atoms in total. The van der Waals surface area contributed by atoms with Gasteiger partial charge in [-0.25, -0.2) is 0 Å². The van der Waals surface area contributed by atoms with Gasteiger partial charge in [-0.1, -0.05) is 133 Å². The third kappa shape index (κ3) is 3.24. The highest BCUT2D eigenvalue weighted by Gasteiger charge is 2.28. The normalized spacial score (nSPS) is 11.9. The first kappa shape index (κ1) is 20.3. The van der Waals surface area contributed by atoms with Gasteiger partial charge in [-0.15, -0.1) is 0 Å². The van der Waals surface area contributed by atoms with Gasteiger partial charge < -0.3 is 0 Å². The molecule has 0 saturated heterocycles. The van der Waals surface area contributed by atoms with Crippen LogP contribution >= 0.6 is 11.8 Å². The van der Waals surface area contributed by atoms with Gasteiger partial charge in [0.05, 0.1) is 0 Å². The lowest BCUT2D eigenvalue weighted by Crippen LogP contribution is -1.97. The van der Waals surface area contributed by atoms with Gasteiger partial charge in [-0.3, -0.25) is 0 Å². The Hall–Kier alpha value is -4.07. The van der Waals surface area contributed by atoms with E-state index in [0.29, 0.717) is 0 Å². The summed E-state index contributed by atoms with van der Waals surface area (Å²) in [4.78, 5) is 2.59. The molecule has 0 fully saturated rings. The van der Waals surface area contributed by atoms with Gasteiger partial charge in [0, 0.05) is 9.79 Å². The van der Waals surface area contributed by atoms with E-state index in [0.717, 1.165) is 0 Å². The summed E-state index contributed by atoms with van der Waals surface area (Å²) < 4.78 is 0. The molecule has 7 rings (SSSR count). The second kappa shape index (κ2) is 8.30. The first-order valence-corrected chi connectivity index (χ1v) is 12.8. The predicted octanol–water partition coefficient (Wildman–Crippen LogP) is 9.97. The van der Waals surface area contributed by atoms with Crippen molar-refractivity contribution in [3.8, 4) is 44.5 Å². The first-order chi connectivity index (χ1) is 17.4. The Labute approximate surface area is 209 Å². The lowest BCUT2D eigenvalue weighted by atomic mass is 9.79. The summed E-state index contributed by atoms with van der Waals surface area (Å²) in [6.07, 6.45) is 0. The van der Waals surface area contributed by atoms with Gasteiger partial charge in [-0.2, -0.15) is 0 Å². The molecule has 0 unspecified atom stereocenters. The highest BCUT2D eigenvalue weighted by Crippen LogP contribution is 2.56. The third-order valence-electron chi connectivity index (χ3n) is 6.87. The maximum absolute atomic E-state index is 2.29. The topological polar surface area (TPSA) is 0 Å². The summed E-state index contributed by atoms with van der Waals surface area (Å²) in [6.45, 7) is 0.